The van der Waals surface area contributed by atoms with Crippen molar-refractivity contribution in [2.24, 2.45) is 5.92 Å². The predicted octanol–water partition coefficient (Wildman–Crippen LogP) is 1.06. The third-order valence-corrected chi connectivity index (χ3v) is 7.40. The van der Waals surface area contributed by atoms with Crippen LogP contribution in [0.1, 0.15) is 23.2 Å². The minimum absolute atomic E-state index is 0.132. The summed E-state index contributed by atoms with van der Waals surface area (Å²) in [7, 11) is -0.336. The molecule has 1 aromatic rings. The summed E-state index contributed by atoms with van der Waals surface area (Å²) in [4.78, 5) is 14.5. The summed E-state index contributed by atoms with van der Waals surface area (Å²) in [6, 6.07) is 7.09. The average molecular weight is 412 g/mol. The number of para-hydroxylation sites is 1. The fourth-order valence-corrected chi connectivity index (χ4v) is 5.60. The number of carbonyl (C=O) groups is 1. The standard InChI is InChI=1S/C19H29N3O5S/c1-26-15-16-6-5-9-22(14-16)28(24,25)21-12-10-20(11-13-21)19(23)17-7-3-4-8-18(17)27-2/h3-4,7-8,16H,5-6,9-15H2,1-2H3. The van der Waals surface area contributed by atoms with Crippen molar-refractivity contribution < 1.29 is 22.7 Å². The fourth-order valence-electron chi connectivity index (χ4n) is 3.89. The molecule has 0 aromatic heterocycles. The third kappa shape index (κ3) is 4.48. The van der Waals surface area contributed by atoms with E-state index in [1.807, 2.05) is 6.07 Å². The smallest absolute Gasteiger partial charge is 0.282 e. The van der Waals surface area contributed by atoms with E-state index in [1.54, 1.807) is 34.5 Å². The van der Waals surface area contributed by atoms with Crippen LogP contribution in [0.5, 0.6) is 5.75 Å². The highest BCUT2D eigenvalue weighted by molar-refractivity contribution is 7.86. The van der Waals surface area contributed by atoms with E-state index in [2.05, 4.69) is 0 Å². The van der Waals surface area contributed by atoms with Crippen molar-refractivity contribution >= 4 is 16.1 Å². The number of benzene rings is 1. The number of nitrogens with zero attached hydrogens (tertiary/aromatic N) is 3. The molecule has 0 aliphatic carbocycles. The van der Waals surface area contributed by atoms with Crippen LogP contribution < -0.4 is 4.74 Å². The Morgan fingerprint density at radius 1 is 1.07 bits per heavy atom. The zero-order valence-corrected chi connectivity index (χ0v) is 17.4. The zero-order valence-electron chi connectivity index (χ0n) is 16.5. The number of methoxy groups -OCH3 is 2. The van der Waals surface area contributed by atoms with Crippen LogP contribution >= 0.6 is 0 Å². The van der Waals surface area contributed by atoms with Gasteiger partial charge in [0.1, 0.15) is 5.75 Å². The molecule has 1 aromatic carbocycles. The number of hydrogen-bond donors (Lipinski definition) is 0. The Balaban J connectivity index is 1.62. The first-order valence-electron chi connectivity index (χ1n) is 9.63. The van der Waals surface area contributed by atoms with Crippen molar-refractivity contribution in [1.29, 1.82) is 0 Å². The van der Waals surface area contributed by atoms with Crippen molar-refractivity contribution in [2.45, 2.75) is 12.8 Å². The second-order valence-electron chi connectivity index (χ2n) is 7.22. The van der Waals surface area contributed by atoms with Gasteiger partial charge in [0.25, 0.3) is 16.1 Å². The summed E-state index contributed by atoms with van der Waals surface area (Å²) in [5.41, 5.74) is 0.500. The van der Waals surface area contributed by atoms with Crippen LogP contribution in [0.15, 0.2) is 24.3 Å². The molecule has 1 unspecified atom stereocenters. The topological polar surface area (TPSA) is 79.4 Å². The summed E-state index contributed by atoms with van der Waals surface area (Å²) in [6.07, 6.45) is 1.83. The summed E-state index contributed by atoms with van der Waals surface area (Å²) in [5.74, 6) is 0.634. The lowest BCUT2D eigenvalue weighted by Gasteiger charge is -2.39. The Bertz CT molecular complexity index is 776. The van der Waals surface area contributed by atoms with E-state index in [1.165, 1.54) is 11.4 Å². The van der Waals surface area contributed by atoms with Gasteiger partial charge in [0, 0.05) is 46.4 Å². The van der Waals surface area contributed by atoms with Gasteiger partial charge >= 0.3 is 0 Å². The minimum atomic E-state index is -3.51. The van der Waals surface area contributed by atoms with Crippen LogP contribution in [0.3, 0.4) is 0 Å². The Morgan fingerprint density at radius 3 is 2.46 bits per heavy atom. The number of rotatable bonds is 6. The van der Waals surface area contributed by atoms with Gasteiger partial charge in [-0.2, -0.15) is 17.0 Å². The van der Waals surface area contributed by atoms with Crippen LogP contribution in [0.2, 0.25) is 0 Å². The van der Waals surface area contributed by atoms with E-state index < -0.39 is 10.2 Å². The molecule has 3 rings (SSSR count). The molecule has 0 N–H and O–H groups in total. The Morgan fingerprint density at radius 2 is 1.79 bits per heavy atom. The molecule has 8 nitrogen and oxygen atoms in total. The van der Waals surface area contributed by atoms with Gasteiger partial charge in [-0.3, -0.25) is 4.79 Å². The number of hydrogen-bond acceptors (Lipinski definition) is 5. The Hall–Kier alpha value is -1.68. The second kappa shape index (κ2) is 9.21. The van der Waals surface area contributed by atoms with Gasteiger partial charge in [-0.25, -0.2) is 0 Å². The molecule has 2 saturated heterocycles. The van der Waals surface area contributed by atoms with E-state index >= 15 is 0 Å². The van der Waals surface area contributed by atoms with Gasteiger partial charge in [-0.15, -0.1) is 0 Å². The van der Waals surface area contributed by atoms with Gasteiger partial charge in [0.15, 0.2) is 0 Å². The third-order valence-electron chi connectivity index (χ3n) is 5.40. The first kappa shape index (κ1) is 21.0. The number of piperazine rings is 1. The number of amides is 1. The van der Waals surface area contributed by atoms with E-state index in [9.17, 15) is 13.2 Å². The second-order valence-corrected chi connectivity index (χ2v) is 9.15. The van der Waals surface area contributed by atoms with Gasteiger partial charge in [-0.05, 0) is 30.9 Å². The van der Waals surface area contributed by atoms with Crippen molar-refractivity contribution in [2.75, 3.05) is 60.1 Å². The highest BCUT2D eigenvalue weighted by Gasteiger charge is 2.36. The summed E-state index contributed by atoms with van der Waals surface area (Å²) in [6.45, 7) is 2.95. The van der Waals surface area contributed by atoms with Crippen LogP contribution in [-0.2, 0) is 14.9 Å². The van der Waals surface area contributed by atoms with E-state index in [-0.39, 0.29) is 11.8 Å². The monoisotopic (exact) mass is 411 g/mol. The minimum Gasteiger partial charge on any atom is -0.496 e. The molecule has 0 spiro atoms. The van der Waals surface area contributed by atoms with E-state index in [0.717, 1.165) is 12.8 Å². The lowest BCUT2D eigenvalue weighted by Crippen LogP contribution is -2.55. The Labute approximate surface area is 167 Å². The number of piperidine rings is 1. The molecule has 2 heterocycles. The summed E-state index contributed by atoms with van der Waals surface area (Å²) < 4.78 is 39.6. The molecule has 28 heavy (non-hydrogen) atoms. The largest absolute Gasteiger partial charge is 0.496 e. The van der Waals surface area contributed by atoms with Crippen LogP contribution in [-0.4, -0.2) is 87.9 Å². The van der Waals surface area contributed by atoms with Crippen molar-refractivity contribution in [3.05, 3.63) is 29.8 Å². The van der Waals surface area contributed by atoms with Crippen LogP contribution in [0.4, 0.5) is 0 Å². The molecule has 1 amide bonds. The molecular formula is C19H29N3O5S. The van der Waals surface area contributed by atoms with Gasteiger partial charge in [0.05, 0.1) is 19.3 Å². The highest BCUT2D eigenvalue weighted by atomic mass is 32.2. The molecule has 0 saturated carbocycles. The number of carbonyl (C=O) groups excluding carboxylic acids is 1. The molecule has 2 fully saturated rings. The average Bonchev–Trinajstić information content (AvgIpc) is 2.73. The molecule has 9 heteroatoms. The Kier molecular flexibility index (Phi) is 6.92. The first-order chi connectivity index (χ1) is 13.5. The molecule has 2 aliphatic rings. The maximum Gasteiger partial charge on any atom is 0.282 e. The van der Waals surface area contributed by atoms with Gasteiger partial charge in [-0.1, -0.05) is 12.1 Å². The number of ether oxygens (including phenoxy) is 2. The van der Waals surface area contributed by atoms with E-state index in [0.29, 0.717) is 57.2 Å². The maximum absolute atomic E-state index is 13.0. The molecular weight excluding hydrogens is 382 g/mol. The van der Waals surface area contributed by atoms with Crippen LogP contribution in [0, 0.1) is 5.92 Å². The zero-order chi connectivity index (χ0) is 20.1. The van der Waals surface area contributed by atoms with Crippen molar-refractivity contribution in [3.8, 4) is 5.75 Å². The molecule has 0 bridgehead atoms. The quantitative estimate of drug-likeness (QED) is 0.699. The van der Waals surface area contributed by atoms with Gasteiger partial charge < -0.3 is 14.4 Å². The van der Waals surface area contributed by atoms with Crippen molar-refractivity contribution in [3.63, 3.8) is 0 Å². The lowest BCUT2D eigenvalue weighted by molar-refractivity contribution is 0.0686. The normalized spacial score (nSPS) is 22.2. The van der Waals surface area contributed by atoms with Crippen molar-refractivity contribution in [1.82, 2.24) is 13.5 Å². The summed E-state index contributed by atoms with van der Waals surface area (Å²) in [5, 5.41) is 0. The highest BCUT2D eigenvalue weighted by Crippen LogP contribution is 2.24. The predicted molar refractivity (Wildman–Crippen MR) is 106 cm³/mol. The fraction of sp³-hybridized carbons (Fsp3) is 0.632. The molecule has 1 atom stereocenters. The first-order valence-corrected chi connectivity index (χ1v) is 11.0. The van der Waals surface area contributed by atoms with Gasteiger partial charge in [0.2, 0.25) is 0 Å². The molecule has 156 valence electrons. The van der Waals surface area contributed by atoms with Crippen LogP contribution in [0.25, 0.3) is 0 Å². The summed E-state index contributed by atoms with van der Waals surface area (Å²) >= 11 is 0. The lowest BCUT2D eigenvalue weighted by atomic mass is 10.0. The SMILES string of the molecule is COCC1CCCN(S(=O)(=O)N2CCN(C(=O)c3ccccc3OC)CC2)C1. The van der Waals surface area contributed by atoms with E-state index in [4.69, 9.17) is 9.47 Å². The molecule has 2 aliphatic heterocycles. The maximum atomic E-state index is 13.0. The molecule has 0 radical (unpaired) electrons.